The minimum absolute atomic E-state index is 0.161. The molecular formula is C17H26O2. The maximum Gasteiger partial charge on any atom is 0.139 e. The molecule has 1 saturated heterocycles. The third-order valence-electron chi connectivity index (χ3n) is 6.46. The van der Waals surface area contributed by atoms with Crippen LogP contribution in [0.3, 0.4) is 0 Å². The average molecular weight is 262 g/mol. The minimum Gasteiger partial charge on any atom is -0.492 e. The Hall–Kier alpha value is -0.790. The van der Waals surface area contributed by atoms with Crippen molar-refractivity contribution in [2.75, 3.05) is 0 Å². The van der Waals surface area contributed by atoms with Crippen molar-refractivity contribution >= 4 is 5.78 Å². The molecule has 0 aromatic heterocycles. The van der Waals surface area contributed by atoms with Gasteiger partial charge in [-0.1, -0.05) is 27.4 Å². The molecule has 0 amide bonds. The number of carbonyl (C=O) groups is 1. The van der Waals surface area contributed by atoms with Crippen molar-refractivity contribution in [3.8, 4) is 0 Å². The lowest BCUT2D eigenvalue weighted by molar-refractivity contribution is -0.168. The molecule has 0 aromatic carbocycles. The van der Waals surface area contributed by atoms with Crippen LogP contribution >= 0.6 is 0 Å². The van der Waals surface area contributed by atoms with Crippen LogP contribution in [0.5, 0.6) is 0 Å². The minimum atomic E-state index is -0.214. The van der Waals surface area contributed by atoms with Gasteiger partial charge in [-0.3, -0.25) is 4.79 Å². The topological polar surface area (TPSA) is 26.3 Å². The maximum atomic E-state index is 12.7. The molecule has 19 heavy (non-hydrogen) atoms. The molecule has 2 heteroatoms. The number of fused-ring (bicyclic) bond motifs is 3. The fourth-order valence-corrected chi connectivity index (χ4v) is 5.40. The molecule has 2 aliphatic carbocycles. The van der Waals surface area contributed by atoms with Gasteiger partial charge in [0.15, 0.2) is 0 Å². The van der Waals surface area contributed by atoms with E-state index in [2.05, 4.69) is 34.3 Å². The van der Waals surface area contributed by atoms with E-state index in [4.69, 9.17) is 4.74 Å². The lowest BCUT2D eigenvalue weighted by Gasteiger charge is -2.58. The molecule has 1 aliphatic heterocycles. The number of ether oxygens (including phenoxy) is 1. The van der Waals surface area contributed by atoms with Crippen molar-refractivity contribution in [1.82, 2.24) is 0 Å². The summed E-state index contributed by atoms with van der Waals surface area (Å²) in [5, 5.41) is 0. The molecule has 0 aromatic rings. The Kier molecular flexibility index (Phi) is 2.54. The van der Waals surface area contributed by atoms with E-state index in [1.807, 2.05) is 0 Å². The zero-order chi connectivity index (χ0) is 14.1. The van der Waals surface area contributed by atoms with Crippen molar-refractivity contribution in [3.63, 3.8) is 0 Å². The van der Waals surface area contributed by atoms with Crippen LogP contribution in [0, 0.1) is 22.7 Å². The van der Waals surface area contributed by atoms with E-state index >= 15 is 0 Å². The van der Waals surface area contributed by atoms with Gasteiger partial charge in [0.1, 0.15) is 11.4 Å². The van der Waals surface area contributed by atoms with Crippen molar-refractivity contribution in [2.45, 2.75) is 65.4 Å². The zero-order valence-electron chi connectivity index (χ0n) is 12.7. The number of carbonyl (C=O) groups excluding carboxylic acids is 1. The second-order valence-electron chi connectivity index (χ2n) is 8.00. The molecule has 4 unspecified atom stereocenters. The molecule has 0 N–H and O–H groups in total. The van der Waals surface area contributed by atoms with E-state index in [-0.39, 0.29) is 16.4 Å². The van der Waals surface area contributed by atoms with Crippen LogP contribution < -0.4 is 0 Å². The molecule has 0 bridgehead atoms. The first-order chi connectivity index (χ1) is 8.70. The predicted octanol–water partition coefficient (Wildman–Crippen LogP) is 4.10. The monoisotopic (exact) mass is 262 g/mol. The molecule has 4 atom stereocenters. The van der Waals surface area contributed by atoms with E-state index in [0.29, 0.717) is 17.6 Å². The number of ketones is 1. The Morgan fingerprint density at radius 1 is 1.16 bits per heavy atom. The van der Waals surface area contributed by atoms with Crippen molar-refractivity contribution in [1.29, 1.82) is 0 Å². The smallest absolute Gasteiger partial charge is 0.139 e. The van der Waals surface area contributed by atoms with Crippen LogP contribution in [-0.2, 0) is 9.53 Å². The molecule has 3 fully saturated rings. The lowest BCUT2D eigenvalue weighted by atomic mass is 9.45. The number of allylic oxidation sites excluding steroid dienone is 1. The first-order valence-corrected chi connectivity index (χ1v) is 7.60. The normalized spacial score (nSPS) is 48.4. The molecule has 3 rings (SSSR count). The van der Waals surface area contributed by atoms with Gasteiger partial charge in [-0.15, -0.1) is 0 Å². The van der Waals surface area contributed by atoms with Crippen molar-refractivity contribution in [2.24, 2.45) is 22.7 Å². The Morgan fingerprint density at radius 3 is 2.53 bits per heavy atom. The summed E-state index contributed by atoms with van der Waals surface area (Å²) in [5.74, 6) is 2.16. The van der Waals surface area contributed by atoms with Crippen molar-refractivity contribution in [3.05, 3.63) is 12.3 Å². The van der Waals surface area contributed by atoms with Gasteiger partial charge in [-0.2, -0.15) is 0 Å². The van der Waals surface area contributed by atoms with Gasteiger partial charge in [-0.25, -0.2) is 0 Å². The summed E-state index contributed by atoms with van der Waals surface area (Å²) >= 11 is 0. The summed E-state index contributed by atoms with van der Waals surface area (Å²) in [7, 11) is 0. The first kappa shape index (κ1) is 13.2. The van der Waals surface area contributed by atoms with Crippen LogP contribution in [0.4, 0.5) is 0 Å². The number of rotatable bonds is 0. The molecule has 2 nitrogen and oxygen atoms in total. The highest BCUT2D eigenvalue weighted by Crippen LogP contribution is 2.64. The van der Waals surface area contributed by atoms with Crippen molar-refractivity contribution < 1.29 is 9.53 Å². The fourth-order valence-electron chi connectivity index (χ4n) is 5.40. The number of hydrogen-bond donors (Lipinski definition) is 0. The van der Waals surface area contributed by atoms with Crippen LogP contribution in [0.25, 0.3) is 0 Å². The quantitative estimate of drug-likeness (QED) is 0.657. The van der Waals surface area contributed by atoms with Gasteiger partial charge < -0.3 is 4.74 Å². The van der Waals surface area contributed by atoms with Gasteiger partial charge in [-0.05, 0) is 37.5 Å². The van der Waals surface area contributed by atoms with Gasteiger partial charge in [0.05, 0.1) is 5.76 Å². The standard InChI is InChI=1S/C17H26O2/c1-11-10-13-16(4,19-11)9-6-12-15(2,3)8-7-14(18)17(12,13)5/h12-13H,1,6-10H2,2-5H3. The maximum absolute atomic E-state index is 12.7. The number of hydrogen-bond acceptors (Lipinski definition) is 2. The molecule has 0 spiro atoms. The van der Waals surface area contributed by atoms with E-state index in [1.54, 1.807) is 0 Å². The number of Topliss-reactive ketones (excluding diaryl/α,β-unsaturated/α-hetero) is 1. The second-order valence-corrected chi connectivity index (χ2v) is 8.00. The Bertz CT molecular complexity index is 450. The van der Waals surface area contributed by atoms with Gasteiger partial charge in [0.2, 0.25) is 0 Å². The van der Waals surface area contributed by atoms with Crippen LogP contribution in [0.15, 0.2) is 12.3 Å². The SMILES string of the molecule is C=C1CC2C(C)(CCC3C(C)(C)CCC(=O)C32C)O1. The van der Waals surface area contributed by atoms with E-state index in [0.717, 1.165) is 37.9 Å². The van der Waals surface area contributed by atoms with Crippen LogP contribution in [-0.4, -0.2) is 11.4 Å². The van der Waals surface area contributed by atoms with Crippen LogP contribution in [0.2, 0.25) is 0 Å². The zero-order valence-corrected chi connectivity index (χ0v) is 12.7. The third-order valence-corrected chi connectivity index (χ3v) is 6.46. The second kappa shape index (κ2) is 3.65. The molecule has 1 heterocycles. The lowest BCUT2D eigenvalue weighted by Crippen LogP contribution is -2.59. The molecule has 106 valence electrons. The third kappa shape index (κ3) is 1.58. The Balaban J connectivity index is 2.08. The summed E-state index contributed by atoms with van der Waals surface area (Å²) in [6.45, 7) is 13.1. The average Bonchev–Trinajstić information content (AvgIpc) is 2.60. The fraction of sp³-hybridized carbons (Fsp3) is 0.824. The molecule has 2 saturated carbocycles. The molecule has 3 aliphatic rings. The predicted molar refractivity (Wildman–Crippen MR) is 75.6 cm³/mol. The van der Waals surface area contributed by atoms with E-state index in [1.165, 1.54) is 0 Å². The first-order valence-electron chi connectivity index (χ1n) is 7.60. The largest absolute Gasteiger partial charge is 0.492 e. The summed E-state index contributed by atoms with van der Waals surface area (Å²) in [4.78, 5) is 12.7. The van der Waals surface area contributed by atoms with Gasteiger partial charge in [0, 0.05) is 24.2 Å². The molecule has 0 radical (unpaired) electrons. The highest BCUT2D eigenvalue weighted by Gasteiger charge is 2.64. The van der Waals surface area contributed by atoms with Gasteiger partial charge in [0.25, 0.3) is 0 Å². The summed E-state index contributed by atoms with van der Waals surface area (Å²) in [6, 6.07) is 0. The van der Waals surface area contributed by atoms with Gasteiger partial charge >= 0.3 is 0 Å². The van der Waals surface area contributed by atoms with E-state index in [9.17, 15) is 4.79 Å². The van der Waals surface area contributed by atoms with Crippen LogP contribution in [0.1, 0.15) is 59.8 Å². The Labute approximate surface area is 116 Å². The highest BCUT2D eigenvalue weighted by molar-refractivity contribution is 5.86. The Morgan fingerprint density at radius 2 is 1.84 bits per heavy atom. The summed E-state index contributed by atoms with van der Waals surface area (Å²) in [5.41, 5.74) is -0.104. The summed E-state index contributed by atoms with van der Waals surface area (Å²) < 4.78 is 6.04. The molecular weight excluding hydrogens is 236 g/mol. The highest BCUT2D eigenvalue weighted by atomic mass is 16.5. The summed E-state index contributed by atoms with van der Waals surface area (Å²) in [6.07, 6.45) is 4.81. The van der Waals surface area contributed by atoms with E-state index < -0.39 is 0 Å².